The Morgan fingerprint density at radius 3 is 1.69 bits per heavy atom. The smallest absolute Gasteiger partial charge is 0.00802 e. The van der Waals surface area contributed by atoms with Gasteiger partial charge in [0.1, 0.15) is 0 Å². The molecule has 1 unspecified atom stereocenters. The molecule has 1 fully saturated rings. The van der Waals surface area contributed by atoms with Gasteiger partial charge in [-0.15, -0.1) is 0 Å². The standard InChI is InChI=1S/C12H25N/c1-8(2)7-9(13)10-11(3,4)12(10,5)6/h8-10H,7,13H2,1-6H3. The molecule has 0 aromatic rings. The van der Waals surface area contributed by atoms with Crippen molar-refractivity contribution in [3.63, 3.8) is 0 Å². The van der Waals surface area contributed by atoms with Gasteiger partial charge < -0.3 is 5.73 Å². The van der Waals surface area contributed by atoms with Gasteiger partial charge in [-0.3, -0.25) is 0 Å². The summed E-state index contributed by atoms with van der Waals surface area (Å²) in [5.41, 5.74) is 7.12. The summed E-state index contributed by atoms with van der Waals surface area (Å²) in [5, 5.41) is 0. The van der Waals surface area contributed by atoms with Crippen molar-refractivity contribution in [3.05, 3.63) is 0 Å². The molecule has 13 heavy (non-hydrogen) atoms. The molecule has 1 rings (SSSR count). The maximum absolute atomic E-state index is 6.23. The highest BCUT2D eigenvalue weighted by atomic mass is 14.8. The number of nitrogens with two attached hydrogens (primary N) is 1. The fourth-order valence-electron chi connectivity index (χ4n) is 3.00. The van der Waals surface area contributed by atoms with E-state index in [0.29, 0.717) is 22.8 Å². The van der Waals surface area contributed by atoms with E-state index in [1.54, 1.807) is 0 Å². The molecule has 78 valence electrons. The fourth-order valence-corrected chi connectivity index (χ4v) is 3.00. The van der Waals surface area contributed by atoms with Crippen LogP contribution in [0.3, 0.4) is 0 Å². The molecule has 1 saturated carbocycles. The summed E-state index contributed by atoms with van der Waals surface area (Å²) in [6, 6.07) is 0.394. The maximum atomic E-state index is 6.23. The van der Waals surface area contributed by atoms with Crippen LogP contribution in [-0.4, -0.2) is 6.04 Å². The van der Waals surface area contributed by atoms with Crippen LogP contribution in [0.2, 0.25) is 0 Å². The molecule has 1 atom stereocenters. The quantitative estimate of drug-likeness (QED) is 0.715. The Kier molecular flexibility index (Phi) is 2.53. The van der Waals surface area contributed by atoms with Crippen LogP contribution >= 0.6 is 0 Å². The summed E-state index contributed by atoms with van der Waals surface area (Å²) in [6.07, 6.45) is 1.16. The van der Waals surface area contributed by atoms with E-state index < -0.39 is 0 Å². The van der Waals surface area contributed by atoms with Gasteiger partial charge in [0.25, 0.3) is 0 Å². The first-order valence-electron chi connectivity index (χ1n) is 5.47. The Bertz CT molecular complexity index is 177. The Morgan fingerprint density at radius 1 is 1.08 bits per heavy atom. The number of rotatable bonds is 3. The average molecular weight is 183 g/mol. The van der Waals surface area contributed by atoms with Gasteiger partial charge in [0, 0.05) is 6.04 Å². The van der Waals surface area contributed by atoms with Gasteiger partial charge in [-0.2, -0.15) is 0 Å². The van der Waals surface area contributed by atoms with Crippen molar-refractivity contribution in [1.82, 2.24) is 0 Å². The minimum Gasteiger partial charge on any atom is -0.327 e. The van der Waals surface area contributed by atoms with Crippen LogP contribution in [-0.2, 0) is 0 Å². The Labute approximate surface area is 83.1 Å². The van der Waals surface area contributed by atoms with E-state index in [2.05, 4.69) is 41.5 Å². The first kappa shape index (κ1) is 11.0. The largest absolute Gasteiger partial charge is 0.327 e. The highest BCUT2D eigenvalue weighted by molar-refractivity contribution is 5.15. The lowest BCUT2D eigenvalue weighted by molar-refractivity contribution is 0.404. The summed E-state index contributed by atoms with van der Waals surface area (Å²) >= 11 is 0. The molecule has 0 saturated heterocycles. The molecule has 1 nitrogen and oxygen atoms in total. The Hall–Kier alpha value is -0.0400. The molecule has 0 spiro atoms. The molecule has 0 aromatic heterocycles. The van der Waals surface area contributed by atoms with Crippen LogP contribution in [0.1, 0.15) is 48.0 Å². The van der Waals surface area contributed by atoms with Crippen LogP contribution in [0.15, 0.2) is 0 Å². The highest BCUT2D eigenvalue weighted by Gasteiger charge is 2.66. The summed E-state index contributed by atoms with van der Waals surface area (Å²) in [7, 11) is 0. The Morgan fingerprint density at radius 2 is 1.46 bits per heavy atom. The predicted octanol–water partition coefficient (Wildman–Crippen LogP) is 3.04. The second-order valence-electron chi connectivity index (χ2n) is 6.21. The van der Waals surface area contributed by atoms with Gasteiger partial charge in [-0.1, -0.05) is 41.5 Å². The second kappa shape index (κ2) is 2.98. The maximum Gasteiger partial charge on any atom is 0.00802 e. The molecule has 0 amide bonds. The van der Waals surface area contributed by atoms with Crippen LogP contribution in [0.25, 0.3) is 0 Å². The third kappa shape index (κ3) is 1.63. The molecule has 1 aliphatic carbocycles. The highest BCUT2D eigenvalue weighted by Crippen LogP contribution is 2.69. The molecule has 0 radical (unpaired) electrons. The molecule has 1 heteroatoms. The van der Waals surface area contributed by atoms with Crippen molar-refractivity contribution in [2.75, 3.05) is 0 Å². The van der Waals surface area contributed by atoms with Gasteiger partial charge in [0.15, 0.2) is 0 Å². The third-order valence-corrected chi connectivity index (χ3v) is 4.30. The SMILES string of the molecule is CC(C)CC(N)C1C(C)(C)C1(C)C. The van der Waals surface area contributed by atoms with Crippen LogP contribution < -0.4 is 5.73 Å². The molecule has 0 aromatic carbocycles. The van der Waals surface area contributed by atoms with Crippen LogP contribution in [0.5, 0.6) is 0 Å². The van der Waals surface area contributed by atoms with E-state index in [4.69, 9.17) is 5.73 Å². The zero-order valence-corrected chi connectivity index (χ0v) is 10.0. The summed E-state index contributed by atoms with van der Waals surface area (Å²) in [5.74, 6) is 1.43. The monoisotopic (exact) mass is 183 g/mol. The first-order valence-corrected chi connectivity index (χ1v) is 5.47. The lowest BCUT2D eigenvalue weighted by Gasteiger charge is -2.15. The van der Waals surface area contributed by atoms with Gasteiger partial charge in [-0.25, -0.2) is 0 Å². The van der Waals surface area contributed by atoms with Gasteiger partial charge in [0.05, 0.1) is 0 Å². The molecule has 0 heterocycles. The first-order chi connectivity index (χ1) is 5.71. The normalized spacial score (nSPS) is 27.7. The molecule has 1 aliphatic rings. The van der Waals surface area contributed by atoms with Crippen molar-refractivity contribution < 1.29 is 0 Å². The molecule has 2 N–H and O–H groups in total. The van der Waals surface area contributed by atoms with Crippen molar-refractivity contribution in [2.24, 2.45) is 28.4 Å². The number of hydrogen-bond donors (Lipinski definition) is 1. The van der Waals surface area contributed by atoms with Crippen molar-refractivity contribution in [2.45, 2.75) is 54.0 Å². The van der Waals surface area contributed by atoms with E-state index in [9.17, 15) is 0 Å². The van der Waals surface area contributed by atoms with E-state index in [1.807, 2.05) is 0 Å². The topological polar surface area (TPSA) is 26.0 Å². The van der Waals surface area contributed by atoms with Gasteiger partial charge >= 0.3 is 0 Å². The molecule has 0 bridgehead atoms. The minimum absolute atomic E-state index is 0.394. The Balaban J connectivity index is 2.57. The lowest BCUT2D eigenvalue weighted by atomic mass is 9.96. The minimum atomic E-state index is 0.394. The van der Waals surface area contributed by atoms with Gasteiger partial charge in [0.2, 0.25) is 0 Å². The summed E-state index contributed by atoms with van der Waals surface area (Å²) < 4.78 is 0. The fraction of sp³-hybridized carbons (Fsp3) is 1.00. The van der Waals surface area contributed by atoms with E-state index in [-0.39, 0.29) is 0 Å². The average Bonchev–Trinajstić information content (AvgIpc) is 2.20. The zero-order chi connectivity index (χ0) is 10.4. The molecular formula is C12H25N. The zero-order valence-electron chi connectivity index (χ0n) is 10.0. The molecular weight excluding hydrogens is 158 g/mol. The van der Waals surface area contributed by atoms with Crippen molar-refractivity contribution >= 4 is 0 Å². The van der Waals surface area contributed by atoms with Gasteiger partial charge in [-0.05, 0) is 29.1 Å². The molecule has 0 aliphatic heterocycles. The predicted molar refractivity (Wildman–Crippen MR) is 58.5 cm³/mol. The summed E-state index contributed by atoms with van der Waals surface area (Å²) in [6.45, 7) is 13.9. The van der Waals surface area contributed by atoms with E-state index in [0.717, 1.165) is 12.3 Å². The third-order valence-electron chi connectivity index (χ3n) is 4.30. The van der Waals surface area contributed by atoms with Crippen molar-refractivity contribution in [1.29, 1.82) is 0 Å². The van der Waals surface area contributed by atoms with Crippen LogP contribution in [0, 0.1) is 22.7 Å². The van der Waals surface area contributed by atoms with E-state index in [1.165, 1.54) is 0 Å². The second-order valence-corrected chi connectivity index (χ2v) is 6.21. The van der Waals surface area contributed by atoms with Crippen molar-refractivity contribution in [3.8, 4) is 0 Å². The lowest BCUT2D eigenvalue weighted by Crippen LogP contribution is -2.27. The summed E-state index contributed by atoms with van der Waals surface area (Å²) in [4.78, 5) is 0. The van der Waals surface area contributed by atoms with E-state index >= 15 is 0 Å². The van der Waals surface area contributed by atoms with Crippen LogP contribution in [0.4, 0.5) is 0 Å². The number of hydrogen-bond acceptors (Lipinski definition) is 1.